The van der Waals surface area contributed by atoms with Gasteiger partial charge >= 0.3 is 0 Å². The lowest BCUT2D eigenvalue weighted by Gasteiger charge is -2.22. The zero-order valence-corrected chi connectivity index (χ0v) is 14.6. The molecule has 3 aromatic heterocycles. The molecular weight excluding hydrogens is 333 g/mol. The molecule has 1 aliphatic rings. The maximum Gasteiger partial charge on any atom is 0.219 e. The van der Waals surface area contributed by atoms with Gasteiger partial charge in [-0.25, -0.2) is 14.4 Å². The summed E-state index contributed by atoms with van der Waals surface area (Å²) in [4.78, 5) is 27.6. The second-order valence-electron chi connectivity index (χ2n) is 6.48. The molecule has 0 radical (unpaired) electrons. The third-order valence-corrected chi connectivity index (χ3v) is 4.77. The lowest BCUT2D eigenvalue weighted by atomic mass is 10.1. The fraction of sp³-hybridized carbons (Fsp3) is 0.316. The first kappa shape index (κ1) is 16.5. The fourth-order valence-corrected chi connectivity index (χ4v) is 3.40. The molecule has 1 fully saturated rings. The SMILES string of the molecule is CC(=O)N1CCCN(c2cccc(-c3c[nH]c4ncc(F)cc34)n2)CC1.[HH]. The smallest absolute Gasteiger partial charge is 0.219 e. The minimum Gasteiger partial charge on any atom is -0.355 e. The van der Waals surface area contributed by atoms with Gasteiger partial charge in [-0.15, -0.1) is 0 Å². The second kappa shape index (κ2) is 6.74. The molecule has 0 saturated carbocycles. The summed E-state index contributed by atoms with van der Waals surface area (Å²) in [5.74, 6) is 0.611. The fourth-order valence-electron chi connectivity index (χ4n) is 3.40. The van der Waals surface area contributed by atoms with Gasteiger partial charge in [-0.3, -0.25) is 4.79 Å². The summed E-state index contributed by atoms with van der Waals surface area (Å²) in [6, 6.07) is 7.31. The minimum absolute atomic E-state index is 0. The molecule has 0 atom stereocenters. The normalized spacial score (nSPS) is 15.3. The number of amides is 1. The summed E-state index contributed by atoms with van der Waals surface area (Å²) in [6.45, 7) is 4.69. The van der Waals surface area contributed by atoms with E-state index in [9.17, 15) is 9.18 Å². The maximum atomic E-state index is 13.6. The van der Waals surface area contributed by atoms with E-state index in [1.807, 2.05) is 29.3 Å². The van der Waals surface area contributed by atoms with Crippen molar-refractivity contribution in [2.24, 2.45) is 0 Å². The van der Waals surface area contributed by atoms with Gasteiger partial charge in [0.2, 0.25) is 5.91 Å². The minimum atomic E-state index is -0.369. The number of fused-ring (bicyclic) bond motifs is 1. The number of nitrogens with zero attached hydrogens (tertiary/aromatic N) is 4. The molecule has 1 N–H and O–H groups in total. The van der Waals surface area contributed by atoms with Gasteiger partial charge in [0, 0.05) is 51.7 Å². The summed E-state index contributed by atoms with van der Waals surface area (Å²) >= 11 is 0. The molecule has 6 nitrogen and oxygen atoms in total. The molecule has 1 aliphatic heterocycles. The lowest BCUT2D eigenvalue weighted by Crippen LogP contribution is -2.33. The monoisotopic (exact) mass is 355 g/mol. The number of carbonyl (C=O) groups excluding carboxylic acids is 1. The van der Waals surface area contributed by atoms with Crippen molar-refractivity contribution in [2.45, 2.75) is 13.3 Å². The zero-order chi connectivity index (χ0) is 18.1. The van der Waals surface area contributed by atoms with Crippen LogP contribution in [-0.4, -0.2) is 51.9 Å². The van der Waals surface area contributed by atoms with Crippen molar-refractivity contribution >= 4 is 22.8 Å². The second-order valence-corrected chi connectivity index (χ2v) is 6.48. The van der Waals surface area contributed by atoms with Crippen LogP contribution in [0.1, 0.15) is 14.8 Å². The molecule has 0 bridgehead atoms. The molecule has 0 unspecified atom stereocenters. The number of nitrogens with one attached hydrogen (secondary N) is 1. The van der Waals surface area contributed by atoms with E-state index in [4.69, 9.17) is 4.98 Å². The number of pyridine rings is 2. The number of anilines is 1. The van der Waals surface area contributed by atoms with Gasteiger partial charge in [0.05, 0.1) is 11.9 Å². The van der Waals surface area contributed by atoms with Crippen molar-refractivity contribution in [3.05, 3.63) is 42.5 Å². The van der Waals surface area contributed by atoms with Crippen LogP contribution >= 0.6 is 0 Å². The molecule has 4 heterocycles. The first-order valence-electron chi connectivity index (χ1n) is 8.72. The van der Waals surface area contributed by atoms with Crippen LogP contribution in [0.15, 0.2) is 36.7 Å². The van der Waals surface area contributed by atoms with Gasteiger partial charge in [0.25, 0.3) is 0 Å². The highest BCUT2D eigenvalue weighted by Gasteiger charge is 2.18. The maximum absolute atomic E-state index is 13.6. The van der Waals surface area contributed by atoms with Crippen LogP contribution in [0.2, 0.25) is 0 Å². The lowest BCUT2D eigenvalue weighted by molar-refractivity contribution is -0.128. The number of aromatic amines is 1. The van der Waals surface area contributed by atoms with Crippen LogP contribution in [0.5, 0.6) is 0 Å². The number of rotatable bonds is 2. The van der Waals surface area contributed by atoms with Crippen molar-refractivity contribution in [2.75, 3.05) is 31.1 Å². The predicted octanol–water partition coefficient (Wildman–Crippen LogP) is 3.07. The summed E-state index contributed by atoms with van der Waals surface area (Å²) in [6.07, 6.45) is 3.92. The Hall–Kier alpha value is -2.96. The molecule has 4 rings (SSSR count). The topological polar surface area (TPSA) is 65.1 Å². The Kier molecular flexibility index (Phi) is 4.28. The van der Waals surface area contributed by atoms with Gasteiger partial charge in [-0.1, -0.05) is 6.07 Å². The van der Waals surface area contributed by atoms with Crippen molar-refractivity contribution in [1.29, 1.82) is 0 Å². The van der Waals surface area contributed by atoms with Crippen molar-refractivity contribution in [1.82, 2.24) is 19.9 Å². The summed E-state index contributed by atoms with van der Waals surface area (Å²) in [7, 11) is 0. The number of H-pyrrole nitrogens is 1. The predicted molar refractivity (Wildman–Crippen MR) is 100 cm³/mol. The number of aromatic nitrogens is 3. The van der Waals surface area contributed by atoms with Gasteiger partial charge in [-0.05, 0) is 24.6 Å². The zero-order valence-electron chi connectivity index (χ0n) is 14.6. The third kappa shape index (κ3) is 3.12. The highest BCUT2D eigenvalue weighted by Crippen LogP contribution is 2.28. The van der Waals surface area contributed by atoms with Gasteiger partial charge in [0.1, 0.15) is 17.3 Å². The van der Waals surface area contributed by atoms with Crippen LogP contribution in [0.4, 0.5) is 10.2 Å². The Bertz CT molecular complexity index is 960. The Balaban J connectivity index is 0.00000210. The first-order valence-corrected chi connectivity index (χ1v) is 8.72. The number of hydrogen-bond acceptors (Lipinski definition) is 4. The highest BCUT2D eigenvalue weighted by molar-refractivity contribution is 5.92. The molecule has 136 valence electrons. The van der Waals surface area contributed by atoms with Crippen LogP contribution < -0.4 is 4.90 Å². The molecule has 26 heavy (non-hydrogen) atoms. The van der Waals surface area contributed by atoms with Crippen LogP contribution in [0, 0.1) is 5.82 Å². The summed E-state index contributed by atoms with van der Waals surface area (Å²) in [5, 5.41) is 0.716. The average molecular weight is 355 g/mol. The Morgan fingerprint density at radius 3 is 3.00 bits per heavy atom. The van der Waals surface area contributed by atoms with Gasteiger partial charge in [-0.2, -0.15) is 0 Å². The number of halogens is 1. The van der Waals surface area contributed by atoms with E-state index in [2.05, 4.69) is 14.9 Å². The Morgan fingerprint density at radius 1 is 1.27 bits per heavy atom. The van der Waals surface area contributed by atoms with Gasteiger partial charge in [0.15, 0.2) is 0 Å². The average Bonchev–Trinajstić information content (AvgIpc) is 2.88. The van der Waals surface area contributed by atoms with E-state index in [0.29, 0.717) is 17.6 Å². The first-order chi connectivity index (χ1) is 12.6. The van der Waals surface area contributed by atoms with Crippen molar-refractivity contribution in [3.63, 3.8) is 0 Å². The van der Waals surface area contributed by atoms with E-state index >= 15 is 0 Å². The van der Waals surface area contributed by atoms with Crippen LogP contribution in [0.25, 0.3) is 22.3 Å². The summed E-state index contributed by atoms with van der Waals surface area (Å²) < 4.78 is 13.6. The molecule has 3 aromatic rings. The van der Waals surface area contributed by atoms with Crippen LogP contribution in [-0.2, 0) is 4.79 Å². The summed E-state index contributed by atoms with van der Waals surface area (Å²) in [5.41, 5.74) is 2.24. The van der Waals surface area contributed by atoms with E-state index in [1.54, 1.807) is 6.92 Å². The molecule has 0 spiro atoms. The largest absolute Gasteiger partial charge is 0.355 e. The molecule has 1 saturated heterocycles. The van der Waals surface area contributed by atoms with E-state index in [0.717, 1.165) is 43.1 Å². The third-order valence-electron chi connectivity index (χ3n) is 4.77. The Morgan fingerprint density at radius 2 is 2.15 bits per heavy atom. The molecular formula is C19H22FN5O. The van der Waals surface area contributed by atoms with Crippen molar-refractivity contribution in [3.8, 4) is 11.3 Å². The number of carbonyl (C=O) groups is 1. The molecule has 0 aliphatic carbocycles. The van der Waals surface area contributed by atoms with Crippen LogP contribution in [0.3, 0.4) is 0 Å². The molecule has 1 amide bonds. The number of hydrogen-bond donors (Lipinski definition) is 1. The molecule has 7 heteroatoms. The standard InChI is InChI=1S/C19H20FN5O.H2/c1-13(26)24-6-3-7-25(9-8-24)18-5-2-4-17(23-18)16-12-22-19-15(16)10-14(20)11-21-19;/h2,4-5,10-12H,3,6-9H2,1H3,(H,21,22);1H. The molecule has 0 aromatic carbocycles. The Labute approximate surface area is 152 Å². The highest BCUT2D eigenvalue weighted by atomic mass is 19.1. The quantitative estimate of drug-likeness (QED) is 0.767. The van der Waals surface area contributed by atoms with E-state index in [1.165, 1.54) is 12.3 Å². The van der Waals surface area contributed by atoms with E-state index in [-0.39, 0.29) is 13.2 Å². The van der Waals surface area contributed by atoms with Crippen molar-refractivity contribution < 1.29 is 10.6 Å². The van der Waals surface area contributed by atoms with Gasteiger partial charge < -0.3 is 14.8 Å². The van der Waals surface area contributed by atoms with E-state index < -0.39 is 0 Å².